The SMILES string of the molecule is C[C@H]1[C@@H](C)C=CC[C@@H]1C. The zero-order valence-corrected chi connectivity index (χ0v) is 6.59. The largest absolute Gasteiger partial charge is 0.0880 e. The summed E-state index contributed by atoms with van der Waals surface area (Å²) in [4.78, 5) is 0. The molecule has 0 spiro atoms. The van der Waals surface area contributed by atoms with Gasteiger partial charge in [0.2, 0.25) is 0 Å². The average molecular weight is 124 g/mol. The van der Waals surface area contributed by atoms with Gasteiger partial charge in [0.15, 0.2) is 0 Å². The van der Waals surface area contributed by atoms with Crippen molar-refractivity contribution >= 4 is 0 Å². The van der Waals surface area contributed by atoms with E-state index >= 15 is 0 Å². The summed E-state index contributed by atoms with van der Waals surface area (Å²) in [6.07, 6.45) is 5.94. The van der Waals surface area contributed by atoms with E-state index in [2.05, 4.69) is 32.9 Å². The van der Waals surface area contributed by atoms with Crippen LogP contribution in [0.15, 0.2) is 12.2 Å². The molecule has 52 valence electrons. The maximum absolute atomic E-state index is 2.35. The van der Waals surface area contributed by atoms with Gasteiger partial charge in [-0.05, 0) is 24.2 Å². The Morgan fingerprint density at radius 1 is 1.22 bits per heavy atom. The minimum atomic E-state index is 0.800. The first-order valence-corrected chi connectivity index (χ1v) is 3.88. The van der Waals surface area contributed by atoms with Crippen LogP contribution in [0.3, 0.4) is 0 Å². The Morgan fingerprint density at radius 3 is 2.33 bits per heavy atom. The van der Waals surface area contributed by atoms with E-state index in [9.17, 15) is 0 Å². The van der Waals surface area contributed by atoms with Gasteiger partial charge in [-0.1, -0.05) is 32.9 Å². The minimum absolute atomic E-state index is 0.800. The van der Waals surface area contributed by atoms with E-state index in [0.29, 0.717) is 0 Å². The van der Waals surface area contributed by atoms with Crippen molar-refractivity contribution in [3.05, 3.63) is 12.2 Å². The molecule has 0 fully saturated rings. The Morgan fingerprint density at radius 2 is 1.89 bits per heavy atom. The van der Waals surface area contributed by atoms with Gasteiger partial charge < -0.3 is 0 Å². The fraction of sp³-hybridized carbons (Fsp3) is 0.778. The highest BCUT2D eigenvalue weighted by Gasteiger charge is 2.18. The molecule has 0 bridgehead atoms. The van der Waals surface area contributed by atoms with Gasteiger partial charge >= 0.3 is 0 Å². The van der Waals surface area contributed by atoms with Crippen molar-refractivity contribution in [2.24, 2.45) is 17.8 Å². The number of rotatable bonds is 0. The number of hydrogen-bond acceptors (Lipinski definition) is 0. The fourth-order valence-corrected chi connectivity index (χ4v) is 1.42. The topological polar surface area (TPSA) is 0 Å². The molecule has 9 heavy (non-hydrogen) atoms. The standard InChI is InChI=1S/C9H16/c1-7-5-4-6-8(2)9(7)3/h4-5,7-9H,6H2,1-3H3/t7-,8-,9-/m0/s1. The van der Waals surface area contributed by atoms with Crippen molar-refractivity contribution in [2.45, 2.75) is 27.2 Å². The Kier molecular flexibility index (Phi) is 1.94. The smallest absolute Gasteiger partial charge is 0.0234 e. The predicted octanol–water partition coefficient (Wildman–Crippen LogP) is 2.85. The summed E-state index contributed by atoms with van der Waals surface area (Å²) in [5.74, 6) is 2.58. The Labute approximate surface area is 58.0 Å². The van der Waals surface area contributed by atoms with Crippen LogP contribution in [0.5, 0.6) is 0 Å². The molecule has 0 aliphatic heterocycles. The molecule has 0 radical (unpaired) electrons. The molecule has 1 aliphatic rings. The van der Waals surface area contributed by atoms with Crippen molar-refractivity contribution in [1.82, 2.24) is 0 Å². The molecule has 3 atom stereocenters. The van der Waals surface area contributed by atoms with Crippen LogP contribution in [0.2, 0.25) is 0 Å². The minimum Gasteiger partial charge on any atom is -0.0880 e. The Hall–Kier alpha value is -0.260. The third kappa shape index (κ3) is 1.35. The van der Waals surface area contributed by atoms with Crippen LogP contribution >= 0.6 is 0 Å². The molecule has 0 saturated carbocycles. The van der Waals surface area contributed by atoms with Crippen molar-refractivity contribution < 1.29 is 0 Å². The van der Waals surface area contributed by atoms with Gasteiger partial charge in [0.1, 0.15) is 0 Å². The lowest BCUT2D eigenvalue weighted by Crippen LogP contribution is -2.17. The van der Waals surface area contributed by atoms with Crippen LogP contribution < -0.4 is 0 Å². The van der Waals surface area contributed by atoms with E-state index < -0.39 is 0 Å². The third-order valence-corrected chi connectivity index (χ3v) is 2.67. The molecule has 0 amide bonds. The second-order valence-corrected chi connectivity index (χ2v) is 3.36. The summed E-state index contributed by atoms with van der Waals surface area (Å²) < 4.78 is 0. The Balaban J connectivity index is 2.58. The molecule has 0 heterocycles. The first-order chi connectivity index (χ1) is 4.22. The summed E-state index contributed by atoms with van der Waals surface area (Å²) in [6, 6.07) is 0. The van der Waals surface area contributed by atoms with Gasteiger partial charge in [-0.25, -0.2) is 0 Å². The summed E-state index contributed by atoms with van der Waals surface area (Å²) in [5, 5.41) is 0. The second-order valence-electron chi connectivity index (χ2n) is 3.36. The first-order valence-electron chi connectivity index (χ1n) is 3.88. The van der Waals surface area contributed by atoms with Gasteiger partial charge in [0.05, 0.1) is 0 Å². The molecule has 0 nitrogen and oxygen atoms in total. The summed E-state index contributed by atoms with van der Waals surface area (Å²) >= 11 is 0. The van der Waals surface area contributed by atoms with Crippen molar-refractivity contribution in [3.63, 3.8) is 0 Å². The summed E-state index contributed by atoms with van der Waals surface area (Å²) in [5.41, 5.74) is 0. The molecule has 0 unspecified atom stereocenters. The lowest BCUT2D eigenvalue weighted by molar-refractivity contribution is 0.305. The third-order valence-electron chi connectivity index (χ3n) is 2.67. The molecular formula is C9H16. The van der Waals surface area contributed by atoms with Crippen molar-refractivity contribution in [2.75, 3.05) is 0 Å². The molecule has 0 aromatic rings. The van der Waals surface area contributed by atoms with E-state index in [4.69, 9.17) is 0 Å². The molecule has 0 aromatic carbocycles. The maximum atomic E-state index is 2.35. The van der Waals surface area contributed by atoms with Crippen LogP contribution in [-0.2, 0) is 0 Å². The number of hydrogen-bond donors (Lipinski definition) is 0. The molecular weight excluding hydrogens is 108 g/mol. The maximum Gasteiger partial charge on any atom is -0.0234 e. The average Bonchev–Trinajstić information content (AvgIpc) is 1.83. The second kappa shape index (κ2) is 2.55. The predicted molar refractivity (Wildman–Crippen MR) is 41.2 cm³/mol. The molecule has 1 aliphatic carbocycles. The van der Waals surface area contributed by atoms with Crippen LogP contribution in [-0.4, -0.2) is 0 Å². The molecule has 1 rings (SSSR count). The lowest BCUT2D eigenvalue weighted by atomic mass is 9.79. The highest BCUT2D eigenvalue weighted by Crippen LogP contribution is 2.28. The highest BCUT2D eigenvalue weighted by molar-refractivity contribution is 4.96. The van der Waals surface area contributed by atoms with Crippen LogP contribution in [0.25, 0.3) is 0 Å². The van der Waals surface area contributed by atoms with Crippen molar-refractivity contribution in [1.29, 1.82) is 0 Å². The van der Waals surface area contributed by atoms with Crippen molar-refractivity contribution in [3.8, 4) is 0 Å². The van der Waals surface area contributed by atoms with E-state index in [1.54, 1.807) is 0 Å². The molecule has 0 aromatic heterocycles. The molecule has 0 heteroatoms. The van der Waals surface area contributed by atoms with Gasteiger partial charge in [-0.2, -0.15) is 0 Å². The number of allylic oxidation sites excluding steroid dienone is 2. The van der Waals surface area contributed by atoms with Crippen LogP contribution in [0.4, 0.5) is 0 Å². The first kappa shape index (κ1) is 6.85. The van der Waals surface area contributed by atoms with Gasteiger partial charge in [0.25, 0.3) is 0 Å². The van der Waals surface area contributed by atoms with Crippen LogP contribution in [0.1, 0.15) is 27.2 Å². The monoisotopic (exact) mass is 124 g/mol. The normalized spacial score (nSPS) is 43.2. The van der Waals surface area contributed by atoms with Gasteiger partial charge in [-0.15, -0.1) is 0 Å². The zero-order valence-electron chi connectivity index (χ0n) is 6.59. The lowest BCUT2D eigenvalue weighted by Gasteiger charge is -2.26. The van der Waals surface area contributed by atoms with E-state index in [0.717, 1.165) is 17.8 Å². The van der Waals surface area contributed by atoms with E-state index in [1.807, 2.05) is 0 Å². The van der Waals surface area contributed by atoms with E-state index in [1.165, 1.54) is 6.42 Å². The fourth-order valence-electron chi connectivity index (χ4n) is 1.42. The van der Waals surface area contributed by atoms with Crippen LogP contribution in [0, 0.1) is 17.8 Å². The van der Waals surface area contributed by atoms with Gasteiger partial charge in [0, 0.05) is 0 Å². The quantitative estimate of drug-likeness (QED) is 0.435. The zero-order chi connectivity index (χ0) is 6.85. The molecule has 0 N–H and O–H groups in total. The highest BCUT2D eigenvalue weighted by atomic mass is 14.2. The van der Waals surface area contributed by atoms with Gasteiger partial charge in [-0.3, -0.25) is 0 Å². The summed E-state index contributed by atoms with van der Waals surface area (Å²) in [7, 11) is 0. The Bertz CT molecular complexity index is 113. The van der Waals surface area contributed by atoms with E-state index in [-0.39, 0.29) is 0 Å². The summed E-state index contributed by atoms with van der Waals surface area (Å²) in [6.45, 7) is 6.99. The molecule has 0 saturated heterocycles.